The molecule has 14 heavy (non-hydrogen) atoms. The summed E-state index contributed by atoms with van der Waals surface area (Å²) in [4.78, 5) is 21.4. The molecule has 1 aromatic heterocycles. The van der Waals surface area contributed by atoms with E-state index in [2.05, 4.69) is 5.32 Å². The summed E-state index contributed by atoms with van der Waals surface area (Å²) in [5.74, 6) is -0.00391. The van der Waals surface area contributed by atoms with Crippen LogP contribution in [0.1, 0.15) is 18.6 Å². The molecule has 0 aliphatic heterocycles. The van der Waals surface area contributed by atoms with Gasteiger partial charge in [-0.1, -0.05) is 0 Å². The molecule has 1 aromatic rings. The van der Waals surface area contributed by atoms with Gasteiger partial charge in [-0.2, -0.15) is 0 Å². The molecular weight excluding hydrogens is 184 g/mol. The fourth-order valence-electron chi connectivity index (χ4n) is 0.924. The summed E-state index contributed by atoms with van der Waals surface area (Å²) in [5.41, 5.74) is 4.89. The maximum atomic E-state index is 11.1. The van der Waals surface area contributed by atoms with Crippen molar-refractivity contribution >= 4 is 11.8 Å². The molecule has 5 heteroatoms. The number of primary amides is 1. The number of nitrogens with two attached hydrogens (primary N) is 1. The Kier molecular flexibility index (Phi) is 3.72. The summed E-state index contributed by atoms with van der Waals surface area (Å²) in [6.07, 6.45) is 1.73. The quantitative estimate of drug-likeness (QED) is 0.703. The molecule has 1 rings (SSSR count). The predicted molar refractivity (Wildman–Crippen MR) is 49.0 cm³/mol. The summed E-state index contributed by atoms with van der Waals surface area (Å²) in [6.45, 7) is 0.338. The lowest BCUT2D eigenvalue weighted by molar-refractivity contribution is -0.125. The van der Waals surface area contributed by atoms with Crippen LogP contribution in [0.4, 0.5) is 0 Å². The van der Waals surface area contributed by atoms with E-state index in [4.69, 9.17) is 10.2 Å². The molecule has 5 nitrogen and oxygen atoms in total. The van der Waals surface area contributed by atoms with Gasteiger partial charge in [-0.05, 0) is 12.1 Å². The van der Waals surface area contributed by atoms with Gasteiger partial charge < -0.3 is 15.5 Å². The van der Waals surface area contributed by atoms with Gasteiger partial charge in [-0.15, -0.1) is 0 Å². The largest absolute Gasteiger partial charge is 0.467 e. The van der Waals surface area contributed by atoms with Gasteiger partial charge >= 0.3 is 0 Å². The third-order valence-corrected chi connectivity index (χ3v) is 1.64. The molecule has 0 radical (unpaired) electrons. The van der Waals surface area contributed by atoms with Crippen molar-refractivity contribution < 1.29 is 14.0 Å². The van der Waals surface area contributed by atoms with Crippen LogP contribution in [0.15, 0.2) is 22.8 Å². The molecule has 0 spiro atoms. The van der Waals surface area contributed by atoms with Gasteiger partial charge in [0.25, 0.3) is 0 Å². The average molecular weight is 196 g/mol. The van der Waals surface area contributed by atoms with Crippen molar-refractivity contribution in [2.75, 3.05) is 0 Å². The van der Waals surface area contributed by atoms with Crippen LogP contribution in [0, 0.1) is 0 Å². The van der Waals surface area contributed by atoms with Crippen molar-refractivity contribution in [2.24, 2.45) is 5.73 Å². The van der Waals surface area contributed by atoms with Crippen LogP contribution in [-0.2, 0) is 16.1 Å². The number of amides is 2. The first-order valence-corrected chi connectivity index (χ1v) is 4.26. The number of carbonyl (C=O) groups excluding carboxylic acids is 2. The molecule has 0 saturated carbocycles. The second-order valence-electron chi connectivity index (χ2n) is 2.82. The molecule has 0 atom stereocenters. The van der Waals surface area contributed by atoms with E-state index < -0.39 is 5.91 Å². The molecule has 0 saturated heterocycles. The highest BCUT2D eigenvalue weighted by Gasteiger charge is 2.04. The van der Waals surface area contributed by atoms with Gasteiger partial charge in [-0.3, -0.25) is 9.59 Å². The highest BCUT2D eigenvalue weighted by molar-refractivity contribution is 5.82. The van der Waals surface area contributed by atoms with E-state index in [0.29, 0.717) is 12.3 Å². The van der Waals surface area contributed by atoms with Crippen molar-refractivity contribution in [1.29, 1.82) is 0 Å². The molecular formula is C9H12N2O3. The normalized spacial score (nSPS) is 9.71. The fraction of sp³-hybridized carbons (Fsp3) is 0.333. The van der Waals surface area contributed by atoms with Crippen molar-refractivity contribution in [2.45, 2.75) is 19.4 Å². The lowest BCUT2D eigenvalue weighted by Gasteiger charge is -2.01. The topological polar surface area (TPSA) is 85.3 Å². The Morgan fingerprint density at radius 1 is 1.43 bits per heavy atom. The van der Waals surface area contributed by atoms with Crippen LogP contribution in [0.3, 0.4) is 0 Å². The van der Waals surface area contributed by atoms with E-state index in [9.17, 15) is 9.59 Å². The molecule has 76 valence electrons. The van der Waals surface area contributed by atoms with Gasteiger partial charge in [0, 0.05) is 12.8 Å². The Bertz CT molecular complexity index is 306. The molecule has 0 aliphatic rings. The highest BCUT2D eigenvalue weighted by Crippen LogP contribution is 1.98. The maximum absolute atomic E-state index is 11.1. The third kappa shape index (κ3) is 3.75. The first-order chi connectivity index (χ1) is 6.68. The number of hydrogen-bond donors (Lipinski definition) is 2. The SMILES string of the molecule is NC(=O)CCC(=O)NCc1ccco1. The van der Waals surface area contributed by atoms with E-state index in [1.54, 1.807) is 12.1 Å². The van der Waals surface area contributed by atoms with E-state index in [0.717, 1.165) is 0 Å². The Balaban J connectivity index is 2.18. The zero-order valence-electron chi connectivity index (χ0n) is 7.66. The molecule has 0 fully saturated rings. The zero-order chi connectivity index (χ0) is 10.4. The van der Waals surface area contributed by atoms with Crippen molar-refractivity contribution in [1.82, 2.24) is 5.32 Å². The first-order valence-electron chi connectivity index (χ1n) is 4.26. The molecule has 3 N–H and O–H groups in total. The second-order valence-corrected chi connectivity index (χ2v) is 2.82. The molecule has 2 amide bonds. The maximum Gasteiger partial charge on any atom is 0.220 e. The molecule has 1 heterocycles. The Morgan fingerprint density at radius 2 is 2.21 bits per heavy atom. The lowest BCUT2D eigenvalue weighted by atomic mass is 10.3. The first kappa shape index (κ1) is 10.3. The number of furan rings is 1. The van der Waals surface area contributed by atoms with Gasteiger partial charge in [0.2, 0.25) is 11.8 Å². The average Bonchev–Trinajstić information content (AvgIpc) is 2.63. The van der Waals surface area contributed by atoms with Crippen LogP contribution in [0.25, 0.3) is 0 Å². The van der Waals surface area contributed by atoms with Crippen LogP contribution >= 0.6 is 0 Å². The monoisotopic (exact) mass is 196 g/mol. The Hall–Kier alpha value is -1.78. The minimum absolute atomic E-state index is 0.0734. The fourth-order valence-corrected chi connectivity index (χ4v) is 0.924. The van der Waals surface area contributed by atoms with Crippen LogP contribution in [0.5, 0.6) is 0 Å². The molecule has 0 aromatic carbocycles. The summed E-state index contributed by atoms with van der Waals surface area (Å²) in [5, 5.41) is 2.60. The Labute approximate surface area is 81.3 Å². The summed E-state index contributed by atoms with van der Waals surface area (Å²) in [7, 11) is 0. The van der Waals surface area contributed by atoms with Gasteiger partial charge in [0.05, 0.1) is 12.8 Å². The van der Waals surface area contributed by atoms with E-state index in [1.807, 2.05) is 0 Å². The van der Waals surface area contributed by atoms with Gasteiger partial charge in [0.15, 0.2) is 0 Å². The summed E-state index contributed by atoms with van der Waals surface area (Å²) >= 11 is 0. The van der Waals surface area contributed by atoms with E-state index in [1.165, 1.54) is 6.26 Å². The smallest absolute Gasteiger partial charge is 0.220 e. The van der Waals surface area contributed by atoms with Crippen molar-refractivity contribution in [3.8, 4) is 0 Å². The van der Waals surface area contributed by atoms with Crippen molar-refractivity contribution in [3.63, 3.8) is 0 Å². The van der Waals surface area contributed by atoms with Crippen LogP contribution in [-0.4, -0.2) is 11.8 Å². The summed E-state index contributed by atoms with van der Waals surface area (Å²) < 4.78 is 5.00. The van der Waals surface area contributed by atoms with Gasteiger partial charge in [0.1, 0.15) is 5.76 Å². The molecule has 0 aliphatic carbocycles. The van der Waals surface area contributed by atoms with Crippen LogP contribution < -0.4 is 11.1 Å². The van der Waals surface area contributed by atoms with E-state index in [-0.39, 0.29) is 18.7 Å². The second kappa shape index (κ2) is 5.06. The molecule has 0 unspecified atom stereocenters. The minimum Gasteiger partial charge on any atom is -0.467 e. The predicted octanol–water partition coefficient (Wildman–Crippen LogP) is 0.161. The molecule has 0 bridgehead atoms. The van der Waals surface area contributed by atoms with Gasteiger partial charge in [-0.25, -0.2) is 0 Å². The van der Waals surface area contributed by atoms with E-state index >= 15 is 0 Å². The third-order valence-electron chi connectivity index (χ3n) is 1.64. The highest BCUT2D eigenvalue weighted by atomic mass is 16.3. The number of carbonyl (C=O) groups is 2. The number of nitrogens with one attached hydrogen (secondary N) is 1. The minimum atomic E-state index is -0.474. The zero-order valence-corrected chi connectivity index (χ0v) is 7.66. The summed E-state index contributed by atoms with van der Waals surface area (Å²) in [6, 6.07) is 3.50. The number of rotatable bonds is 5. The van der Waals surface area contributed by atoms with Crippen molar-refractivity contribution in [3.05, 3.63) is 24.2 Å². The number of hydrogen-bond acceptors (Lipinski definition) is 3. The Morgan fingerprint density at radius 3 is 2.79 bits per heavy atom. The van der Waals surface area contributed by atoms with Crippen LogP contribution in [0.2, 0.25) is 0 Å². The lowest BCUT2D eigenvalue weighted by Crippen LogP contribution is -2.24. The standard InChI is InChI=1S/C9H12N2O3/c10-8(12)3-4-9(13)11-6-7-2-1-5-14-7/h1-2,5H,3-4,6H2,(H2,10,12)(H,11,13).